The van der Waals surface area contributed by atoms with E-state index in [1.54, 1.807) is 27.3 Å². The Morgan fingerprint density at radius 2 is 1.95 bits per heavy atom. The number of pyridine rings is 1. The molecule has 0 bridgehead atoms. The molecule has 19 heavy (non-hydrogen) atoms. The highest BCUT2D eigenvalue weighted by Crippen LogP contribution is 2.16. The normalized spacial score (nSPS) is 12.4. The fourth-order valence-corrected chi connectivity index (χ4v) is 1.77. The number of aliphatic hydroxyl groups excluding tert-OH is 1. The Labute approximate surface area is 115 Å². The molecule has 1 aromatic heterocycles. The molecule has 0 aliphatic heterocycles. The van der Waals surface area contributed by atoms with Gasteiger partial charge < -0.3 is 19.5 Å². The summed E-state index contributed by atoms with van der Waals surface area (Å²) in [5, 5.41) is 9.48. The maximum absolute atomic E-state index is 9.48. The number of hydrogen-bond donors (Lipinski definition) is 1. The van der Waals surface area contributed by atoms with Crippen LogP contribution in [0.1, 0.15) is 25.0 Å². The summed E-state index contributed by atoms with van der Waals surface area (Å²) in [6, 6.07) is 3.84. The smallest absolute Gasteiger partial charge is 0.128 e. The van der Waals surface area contributed by atoms with E-state index in [0.717, 1.165) is 37.5 Å². The molecule has 0 spiro atoms. The number of hydrogen-bond acceptors (Lipinski definition) is 5. The van der Waals surface area contributed by atoms with E-state index in [4.69, 9.17) is 9.47 Å². The Morgan fingerprint density at radius 1 is 1.21 bits per heavy atom. The number of anilines is 1. The van der Waals surface area contributed by atoms with Gasteiger partial charge in [0.1, 0.15) is 5.82 Å². The van der Waals surface area contributed by atoms with Crippen LogP contribution in [0.25, 0.3) is 0 Å². The summed E-state index contributed by atoms with van der Waals surface area (Å²) in [5.41, 5.74) is 0.826. The van der Waals surface area contributed by atoms with Crippen molar-refractivity contribution in [3.05, 3.63) is 23.9 Å². The molecule has 0 saturated heterocycles. The number of rotatable bonds is 9. The lowest BCUT2D eigenvalue weighted by molar-refractivity contribution is 0.190. The summed E-state index contributed by atoms with van der Waals surface area (Å²) < 4.78 is 10.2. The highest BCUT2D eigenvalue weighted by molar-refractivity contribution is 5.39. The van der Waals surface area contributed by atoms with Gasteiger partial charge in [-0.15, -0.1) is 0 Å². The Hall–Kier alpha value is -1.17. The van der Waals surface area contributed by atoms with Gasteiger partial charge in [0.2, 0.25) is 0 Å². The van der Waals surface area contributed by atoms with Crippen molar-refractivity contribution in [2.75, 3.05) is 45.4 Å². The maximum Gasteiger partial charge on any atom is 0.128 e. The van der Waals surface area contributed by atoms with E-state index in [1.165, 1.54) is 0 Å². The SMILES string of the molecule is COCCCN(CCOC)c1ccc([C@@H](C)O)cn1. The summed E-state index contributed by atoms with van der Waals surface area (Å²) in [4.78, 5) is 6.56. The first-order valence-corrected chi connectivity index (χ1v) is 6.56. The van der Waals surface area contributed by atoms with Crippen LogP contribution in [-0.2, 0) is 9.47 Å². The van der Waals surface area contributed by atoms with E-state index in [-0.39, 0.29) is 0 Å². The van der Waals surface area contributed by atoms with Gasteiger partial charge in [-0.25, -0.2) is 4.98 Å². The lowest BCUT2D eigenvalue weighted by Gasteiger charge is -2.23. The summed E-state index contributed by atoms with van der Waals surface area (Å²) in [7, 11) is 3.40. The second-order valence-corrected chi connectivity index (χ2v) is 4.45. The van der Waals surface area contributed by atoms with Crippen LogP contribution in [0.5, 0.6) is 0 Å². The minimum absolute atomic E-state index is 0.484. The first-order chi connectivity index (χ1) is 9.19. The molecule has 5 heteroatoms. The predicted molar refractivity (Wildman–Crippen MR) is 75.5 cm³/mol. The van der Waals surface area contributed by atoms with Gasteiger partial charge in [-0.05, 0) is 25.0 Å². The summed E-state index contributed by atoms with van der Waals surface area (Å²) in [5.74, 6) is 0.901. The van der Waals surface area contributed by atoms with E-state index in [1.807, 2.05) is 12.1 Å². The minimum Gasteiger partial charge on any atom is -0.389 e. The molecule has 0 saturated carbocycles. The molecule has 108 valence electrons. The standard InChI is InChI=1S/C14H24N2O3/c1-12(17)13-5-6-14(15-11-13)16(8-10-19-3)7-4-9-18-2/h5-6,11-12,17H,4,7-10H2,1-3H3/t12-/m1/s1. The van der Waals surface area contributed by atoms with Crippen molar-refractivity contribution in [3.63, 3.8) is 0 Å². The highest BCUT2D eigenvalue weighted by atomic mass is 16.5. The number of aromatic nitrogens is 1. The van der Waals surface area contributed by atoms with E-state index in [0.29, 0.717) is 6.61 Å². The molecule has 0 fully saturated rings. The van der Waals surface area contributed by atoms with Gasteiger partial charge in [-0.2, -0.15) is 0 Å². The zero-order valence-corrected chi connectivity index (χ0v) is 12.0. The maximum atomic E-state index is 9.48. The number of methoxy groups -OCH3 is 2. The second-order valence-electron chi connectivity index (χ2n) is 4.45. The Balaban J connectivity index is 2.66. The lowest BCUT2D eigenvalue weighted by Crippen LogP contribution is -2.29. The van der Waals surface area contributed by atoms with Crippen LogP contribution in [0, 0.1) is 0 Å². The Morgan fingerprint density at radius 3 is 2.47 bits per heavy atom. The third-order valence-corrected chi connectivity index (χ3v) is 2.92. The van der Waals surface area contributed by atoms with Crippen LogP contribution in [0.3, 0.4) is 0 Å². The zero-order valence-electron chi connectivity index (χ0n) is 12.0. The van der Waals surface area contributed by atoms with E-state index in [9.17, 15) is 5.11 Å². The fourth-order valence-electron chi connectivity index (χ4n) is 1.77. The van der Waals surface area contributed by atoms with Crippen LogP contribution in [0.4, 0.5) is 5.82 Å². The van der Waals surface area contributed by atoms with Crippen LogP contribution in [-0.4, -0.2) is 50.6 Å². The monoisotopic (exact) mass is 268 g/mol. The first-order valence-electron chi connectivity index (χ1n) is 6.56. The molecule has 1 rings (SSSR count). The van der Waals surface area contributed by atoms with E-state index < -0.39 is 6.10 Å². The third kappa shape index (κ3) is 5.55. The molecule has 1 atom stereocenters. The molecule has 0 aromatic carbocycles. The molecule has 0 unspecified atom stereocenters. The van der Waals surface area contributed by atoms with Crippen molar-refractivity contribution in [2.24, 2.45) is 0 Å². The summed E-state index contributed by atoms with van der Waals surface area (Å²) in [6.45, 7) is 4.79. The predicted octanol–water partition coefficient (Wildman–Crippen LogP) is 1.62. The molecule has 1 aromatic rings. The van der Waals surface area contributed by atoms with Crippen LogP contribution in [0.15, 0.2) is 18.3 Å². The van der Waals surface area contributed by atoms with E-state index >= 15 is 0 Å². The third-order valence-electron chi connectivity index (χ3n) is 2.92. The molecule has 0 radical (unpaired) electrons. The van der Waals surface area contributed by atoms with E-state index in [2.05, 4.69) is 9.88 Å². The van der Waals surface area contributed by atoms with Crippen LogP contribution < -0.4 is 4.90 Å². The van der Waals surface area contributed by atoms with Crippen LogP contribution >= 0.6 is 0 Å². The molecule has 5 nitrogen and oxygen atoms in total. The minimum atomic E-state index is -0.484. The highest BCUT2D eigenvalue weighted by Gasteiger charge is 2.08. The molecular formula is C14H24N2O3. The molecule has 1 heterocycles. The van der Waals surface area contributed by atoms with Crippen molar-refractivity contribution in [1.29, 1.82) is 0 Å². The Kier molecular flexibility index (Phi) is 7.40. The molecule has 0 amide bonds. The number of aliphatic hydroxyl groups is 1. The van der Waals surface area contributed by atoms with Gasteiger partial charge in [0.25, 0.3) is 0 Å². The van der Waals surface area contributed by atoms with Gasteiger partial charge >= 0.3 is 0 Å². The topological polar surface area (TPSA) is 54.8 Å². The van der Waals surface area contributed by atoms with Gasteiger partial charge in [-0.3, -0.25) is 0 Å². The Bertz CT molecular complexity index is 341. The van der Waals surface area contributed by atoms with Gasteiger partial charge in [0, 0.05) is 40.1 Å². The van der Waals surface area contributed by atoms with Gasteiger partial charge in [0.15, 0.2) is 0 Å². The zero-order chi connectivity index (χ0) is 14.1. The average molecular weight is 268 g/mol. The summed E-state index contributed by atoms with van der Waals surface area (Å²) in [6.07, 6.45) is 2.18. The lowest BCUT2D eigenvalue weighted by atomic mass is 10.2. The van der Waals surface area contributed by atoms with Crippen molar-refractivity contribution in [2.45, 2.75) is 19.4 Å². The quantitative estimate of drug-likeness (QED) is 0.690. The number of ether oxygens (including phenoxy) is 2. The van der Waals surface area contributed by atoms with Gasteiger partial charge in [0.05, 0.1) is 12.7 Å². The molecular weight excluding hydrogens is 244 g/mol. The average Bonchev–Trinajstić information content (AvgIpc) is 2.43. The van der Waals surface area contributed by atoms with Gasteiger partial charge in [-0.1, -0.05) is 6.07 Å². The van der Waals surface area contributed by atoms with Crippen molar-refractivity contribution in [1.82, 2.24) is 4.98 Å². The molecule has 1 N–H and O–H groups in total. The van der Waals surface area contributed by atoms with Crippen LogP contribution in [0.2, 0.25) is 0 Å². The number of nitrogens with zero attached hydrogens (tertiary/aromatic N) is 2. The second kappa shape index (κ2) is 8.85. The van der Waals surface area contributed by atoms with Crippen molar-refractivity contribution < 1.29 is 14.6 Å². The largest absolute Gasteiger partial charge is 0.389 e. The fraction of sp³-hybridized carbons (Fsp3) is 0.643. The first kappa shape index (κ1) is 15.9. The summed E-state index contributed by atoms with van der Waals surface area (Å²) >= 11 is 0. The van der Waals surface area contributed by atoms with Crippen molar-refractivity contribution in [3.8, 4) is 0 Å². The van der Waals surface area contributed by atoms with Crippen molar-refractivity contribution >= 4 is 5.82 Å². The molecule has 0 aliphatic carbocycles. The molecule has 0 aliphatic rings.